The Morgan fingerprint density at radius 2 is 2.14 bits per heavy atom. The molecule has 6 heteroatoms. The maximum atomic E-state index is 12.4. The smallest absolute Gasteiger partial charge is 0.249 e. The summed E-state index contributed by atoms with van der Waals surface area (Å²) in [4.78, 5) is 25.7. The number of nitrogens with one attached hydrogen (secondary N) is 1. The van der Waals surface area contributed by atoms with E-state index in [1.807, 2.05) is 6.07 Å². The minimum Gasteiger partial charge on any atom is -0.493 e. The van der Waals surface area contributed by atoms with E-state index in [0.717, 1.165) is 23.3 Å². The number of hydrogen-bond acceptors (Lipinski definition) is 4. The molecule has 21 heavy (non-hydrogen) atoms. The molecule has 1 N–H and O–H groups in total. The van der Waals surface area contributed by atoms with Gasteiger partial charge < -0.3 is 4.74 Å². The number of imide groups is 1. The van der Waals surface area contributed by atoms with Crippen LogP contribution in [0.3, 0.4) is 0 Å². The molecule has 2 heterocycles. The number of rotatable bonds is 2. The Hall–Kier alpha value is -1.59. The average Bonchev–Trinajstić information content (AvgIpc) is 2.88. The van der Waals surface area contributed by atoms with Crippen LogP contribution in [0.25, 0.3) is 0 Å². The van der Waals surface area contributed by atoms with Gasteiger partial charge >= 0.3 is 0 Å². The van der Waals surface area contributed by atoms with E-state index in [-0.39, 0.29) is 24.9 Å². The van der Waals surface area contributed by atoms with Crippen LogP contribution in [0.5, 0.6) is 5.75 Å². The number of piperazine rings is 1. The fraction of sp³-hybridized carbons (Fsp3) is 0.467. The molecule has 5 nitrogen and oxygen atoms in total. The molecular formula is C15H17ClN2O3. The summed E-state index contributed by atoms with van der Waals surface area (Å²) in [6.45, 7) is 4.51. The molecule has 2 aliphatic heterocycles. The summed E-state index contributed by atoms with van der Waals surface area (Å²) in [6.07, 6.45) is 0.803. The monoisotopic (exact) mass is 308 g/mol. The summed E-state index contributed by atoms with van der Waals surface area (Å²) in [5.74, 6) is 0.299. The van der Waals surface area contributed by atoms with Crippen molar-refractivity contribution in [1.82, 2.24) is 10.2 Å². The topological polar surface area (TPSA) is 58.6 Å². The van der Waals surface area contributed by atoms with Crippen molar-refractivity contribution in [2.24, 2.45) is 0 Å². The zero-order valence-electron chi connectivity index (χ0n) is 12.0. The van der Waals surface area contributed by atoms with Gasteiger partial charge in [-0.15, -0.1) is 0 Å². The van der Waals surface area contributed by atoms with Crippen LogP contribution in [0, 0.1) is 0 Å². The third-order valence-corrected chi connectivity index (χ3v) is 4.13. The average molecular weight is 309 g/mol. The molecule has 2 amide bonds. The van der Waals surface area contributed by atoms with Crippen molar-refractivity contribution in [3.05, 3.63) is 28.3 Å². The summed E-state index contributed by atoms with van der Waals surface area (Å²) in [7, 11) is 0. The third-order valence-electron chi connectivity index (χ3n) is 3.92. The van der Waals surface area contributed by atoms with Crippen molar-refractivity contribution >= 4 is 23.4 Å². The van der Waals surface area contributed by atoms with Gasteiger partial charge in [0.2, 0.25) is 11.8 Å². The van der Waals surface area contributed by atoms with Crippen LogP contribution in [-0.4, -0.2) is 35.4 Å². The highest BCUT2D eigenvalue weighted by molar-refractivity contribution is 6.30. The first-order valence-electron chi connectivity index (χ1n) is 6.92. The Morgan fingerprint density at radius 1 is 1.38 bits per heavy atom. The highest BCUT2D eigenvalue weighted by Crippen LogP contribution is 2.34. The standard InChI is InChI=1S/C15H17ClN2O3/c1-15(2)14(20)18(12(19)7-17-15)8-10-6-11(16)5-9-3-4-21-13(9)10/h5-6,17H,3-4,7-8H2,1-2H3. The van der Waals surface area contributed by atoms with Crippen LogP contribution in [0.1, 0.15) is 25.0 Å². The molecule has 0 atom stereocenters. The first kappa shape index (κ1) is 14.4. The molecule has 0 unspecified atom stereocenters. The normalized spacial score (nSPS) is 20.4. The van der Waals surface area contributed by atoms with Gasteiger partial charge in [0, 0.05) is 17.0 Å². The molecule has 0 aliphatic carbocycles. The summed E-state index contributed by atoms with van der Waals surface area (Å²) in [5, 5.41) is 3.54. The van der Waals surface area contributed by atoms with Crippen molar-refractivity contribution in [2.45, 2.75) is 32.4 Å². The van der Waals surface area contributed by atoms with Crippen molar-refractivity contribution in [3.63, 3.8) is 0 Å². The van der Waals surface area contributed by atoms with E-state index in [1.54, 1.807) is 19.9 Å². The molecule has 0 bridgehead atoms. The van der Waals surface area contributed by atoms with Crippen molar-refractivity contribution in [1.29, 1.82) is 0 Å². The number of fused-ring (bicyclic) bond motifs is 1. The van der Waals surface area contributed by atoms with Gasteiger partial charge in [0.15, 0.2) is 0 Å². The fourth-order valence-corrected chi connectivity index (χ4v) is 2.98. The number of carbonyl (C=O) groups is 2. The van der Waals surface area contributed by atoms with Gasteiger partial charge in [-0.05, 0) is 31.5 Å². The number of halogens is 1. The molecule has 112 valence electrons. The Kier molecular flexibility index (Phi) is 3.42. The largest absolute Gasteiger partial charge is 0.493 e. The van der Waals surface area contributed by atoms with Crippen LogP contribution < -0.4 is 10.1 Å². The lowest BCUT2D eigenvalue weighted by atomic mass is 9.99. The van der Waals surface area contributed by atoms with Gasteiger partial charge in [-0.25, -0.2) is 0 Å². The van der Waals surface area contributed by atoms with Crippen molar-refractivity contribution in [3.8, 4) is 5.75 Å². The van der Waals surface area contributed by atoms with E-state index in [2.05, 4.69) is 5.32 Å². The second-order valence-corrected chi connectivity index (χ2v) is 6.35. The summed E-state index contributed by atoms with van der Waals surface area (Å²) in [5.41, 5.74) is 1.08. The number of hydrogen-bond donors (Lipinski definition) is 1. The van der Waals surface area contributed by atoms with Crippen LogP contribution in [0.15, 0.2) is 12.1 Å². The number of amides is 2. The summed E-state index contributed by atoms with van der Waals surface area (Å²) in [6, 6.07) is 3.64. The Labute approximate surface area is 128 Å². The molecule has 0 radical (unpaired) electrons. The van der Waals surface area contributed by atoms with E-state index in [1.165, 1.54) is 4.90 Å². The Balaban J connectivity index is 1.93. The lowest BCUT2D eigenvalue weighted by Gasteiger charge is -2.36. The molecule has 1 aromatic carbocycles. The number of nitrogens with zero attached hydrogens (tertiary/aromatic N) is 1. The number of ether oxygens (including phenoxy) is 1. The van der Waals surface area contributed by atoms with Gasteiger partial charge in [-0.3, -0.25) is 19.8 Å². The summed E-state index contributed by atoms with van der Waals surface area (Å²) < 4.78 is 5.63. The molecule has 2 aliphatic rings. The van der Waals surface area contributed by atoms with Crippen molar-refractivity contribution in [2.75, 3.05) is 13.2 Å². The molecule has 0 spiro atoms. The molecule has 1 saturated heterocycles. The first-order chi connectivity index (χ1) is 9.88. The van der Waals surface area contributed by atoms with Crippen LogP contribution in [-0.2, 0) is 22.6 Å². The maximum absolute atomic E-state index is 12.4. The Morgan fingerprint density at radius 3 is 2.90 bits per heavy atom. The van der Waals surface area contributed by atoms with E-state index < -0.39 is 5.54 Å². The second kappa shape index (κ2) is 5.00. The fourth-order valence-electron chi connectivity index (χ4n) is 2.71. The van der Waals surface area contributed by atoms with E-state index in [0.29, 0.717) is 11.6 Å². The van der Waals surface area contributed by atoms with E-state index in [4.69, 9.17) is 16.3 Å². The minimum atomic E-state index is -0.740. The quantitative estimate of drug-likeness (QED) is 0.842. The first-order valence-corrected chi connectivity index (χ1v) is 7.30. The van der Waals surface area contributed by atoms with Gasteiger partial charge in [0.05, 0.1) is 25.2 Å². The second-order valence-electron chi connectivity index (χ2n) is 5.92. The van der Waals surface area contributed by atoms with Crippen molar-refractivity contribution < 1.29 is 14.3 Å². The van der Waals surface area contributed by atoms with Crippen LogP contribution in [0.2, 0.25) is 5.02 Å². The highest BCUT2D eigenvalue weighted by atomic mass is 35.5. The molecule has 1 fully saturated rings. The molecule has 0 aromatic heterocycles. The van der Waals surface area contributed by atoms with E-state index in [9.17, 15) is 9.59 Å². The highest BCUT2D eigenvalue weighted by Gasteiger charge is 2.40. The minimum absolute atomic E-state index is 0.155. The number of carbonyl (C=O) groups excluding carboxylic acids is 2. The zero-order valence-corrected chi connectivity index (χ0v) is 12.8. The lowest BCUT2D eigenvalue weighted by molar-refractivity contribution is -0.153. The predicted octanol–water partition coefficient (Wildman–Crippen LogP) is 1.51. The van der Waals surface area contributed by atoms with Crippen LogP contribution >= 0.6 is 11.6 Å². The maximum Gasteiger partial charge on any atom is 0.249 e. The number of benzene rings is 1. The van der Waals surface area contributed by atoms with Crippen LogP contribution in [0.4, 0.5) is 0 Å². The molecule has 1 aromatic rings. The Bertz CT molecular complexity index is 628. The zero-order chi connectivity index (χ0) is 15.2. The molecule has 3 rings (SSSR count). The van der Waals surface area contributed by atoms with Gasteiger partial charge in [0.25, 0.3) is 0 Å². The predicted molar refractivity (Wildman–Crippen MR) is 78.3 cm³/mol. The third kappa shape index (κ3) is 2.51. The molecule has 0 saturated carbocycles. The van der Waals surface area contributed by atoms with E-state index >= 15 is 0 Å². The lowest BCUT2D eigenvalue weighted by Crippen LogP contribution is -2.63. The summed E-state index contributed by atoms with van der Waals surface area (Å²) >= 11 is 6.12. The van der Waals surface area contributed by atoms with Gasteiger partial charge in [-0.2, -0.15) is 0 Å². The van der Waals surface area contributed by atoms with Gasteiger partial charge in [-0.1, -0.05) is 11.6 Å². The SMILES string of the molecule is CC1(C)NCC(=O)N(Cc2cc(Cl)cc3c2OCC3)C1=O. The van der Waals surface area contributed by atoms with Gasteiger partial charge in [0.1, 0.15) is 5.75 Å². The molecular weight excluding hydrogens is 292 g/mol.